The fraction of sp³-hybridized carbons (Fsp3) is 0.857. The van der Waals surface area contributed by atoms with Crippen molar-refractivity contribution in [1.82, 2.24) is 0 Å². The van der Waals surface area contributed by atoms with Gasteiger partial charge in [-0.3, -0.25) is 9.59 Å². The van der Waals surface area contributed by atoms with Crippen molar-refractivity contribution in [3.63, 3.8) is 0 Å². The molecule has 1 aliphatic rings. The minimum atomic E-state index is -0.143. The van der Waals surface area contributed by atoms with E-state index in [0.717, 1.165) is 32.1 Å². The zero-order chi connectivity index (χ0) is 13.5. The molecule has 4 nitrogen and oxygen atoms in total. The first-order valence-electron chi connectivity index (χ1n) is 6.96. The van der Waals surface area contributed by atoms with Crippen LogP contribution in [0.1, 0.15) is 59.3 Å². The third kappa shape index (κ3) is 4.67. The van der Waals surface area contributed by atoms with Gasteiger partial charge in [0.15, 0.2) is 0 Å². The van der Waals surface area contributed by atoms with Crippen molar-refractivity contribution >= 4 is 11.9 Å². The summed E-state index contributed by atoms with van der Waals surface area (Å²) in [6.45, 7) is 5.66. The molecule has 0 saturated heterocycles. The Labute approximate surface area is 109 Å². The standard InChI is InChI=1S/C14H24O4/c1-4-10(3)14(16)18-12-8-6-11(7-9-12)17-13(15)5-2/h10-12H,4-9H2,1-3H3. The van der Waals surface area contributed by atoms with Gasteiger partial charge in [0, 0.05) is 6.42 Å². The van der Waals surface area contributed by atoms with Gasteiger partial charge in [0.2, 0.25) is 0 Å². The third-order valence-corrected chi connectivity index (χ3v) is 3.51. The average Bonchev–Trinajstić information content (AvgIpc) is 2.39. The molecule has 0 aromatic heterocycles. The number of hydrogen-bond donors (Lipinski definition) is 0. The normalized spacial score (nSPS) is 25.3. The van der Waals surface area contributed by atoms with Gasteiger partial charge in [-0.1, -0.05) is 20.8 Å². The highest BCUT2D eigenvalue weighted by Gasteiger charge is 2.26. The predicted octanol–water partition coefficient (Wildman–Crippen LogP) is 2.84. The van der Waals surface area contributed by atoms with Crippen LogP contribution in [0.4, 0.5) is 0 Å². The van der Waals surface area contributed by atoms with Gasteiger partial charge in [-0.05, 0) is 32.1 Å². The van der Waals surface area contributed by atoms with E-state index in [0.29, 0.717) is 6.42 Å². The molecular weight excluding hydrogens is 232 g/mol. The largest absolute Gasteiger partial charge is 0.462 e. The van der Waals surface area contributed by atoms with E-state index in [1.165, 1.54) is 0 Å². The van der Waals surface area contributed by atoms with Crippen molar-refractivity contribution in [2.75, 3.05) is 0 Å². The van der Waals surface area contributed by atoms with Crippen LogP contribution in [0.25, 0.3) is 0 Å². The number of ether oxygens (including phenoxy) is 2. The lowest BCUT2D eigenvalue weighted by atomic mass is 9.94. The maximum absolute atomic E-state index is 11.6. The molecule has 1 fully saturated rings. The average molecular weight is 256 g/mol. The number of hydrogen-bond acceptors (Lipinski definition) is 4. The molecule has 0 spiro atoms. The minimum absolute atomic E-state index is 0.00285. The number of carbonyl (C=O) groups is 2. The fourth-order valence-corrected chi connectivity index (χ4v) is 1.98. The Balaban J connectivity index is 2.27. The third-order valence-electron chi connectivity index (χ3n) is 3.51. The van der Waals surface area contributed by atoms with Gasteiger partial charge in [0.25, 0.3) is 0 Å². The fourth-order valence-electron chi connectivity index (χ4n) is 1.98. The number of esters is 2. The molecule has 0 amide bonds. The monoisotopic (exact) mass is 256 g/mol. The molecule has 1 atom stereocenters. The lowest BCUT2D eigenvalue weighted by molar-refractivity contribution is -0.160. The molecule has 104 valence electrons. The molecule has 0 heterocycles. The van der Waals surface area contributed by atoms with E-state index in [2.05, 4.69) is 0 Å². The second kappa shape index (κ2) is 7.39. The van der Waals surface area contributed by atoms with E-state index in [1.807, 2.05) is 13.8 Å². The van der Waals surface area contributed by atoms with Crippen LogP contribution in [0.3, 0.4) is 0 Å². The maximum Gasteiger partial charge on any atom is 0.308 e. The lowest BCUT2D eigenvalue weighted by Gasteiger charge is -2.28. The van der Waals surface area contributed by atoms with E-state index < -0.39 is 0 Å². The molecule has 1 rings (SSSR count). The highest BCUT2D eigenvalue weighted by molar-refractivity contribution is 5.72. The van der Waals surface area contributed by atoms with E-state index in [-0.39, 0.29) is 30.1 Å². The highest BCUT2D eigenvalue weighted by atomic mass is 16.6. The summed E-state index contributed by atoms with van der Waals surface area (Å²) < 4.78 is 10.7. The van der Waals surface area contributed by atoms with Crippen molar-refractivity contribution < 1.29 is 19.1 Å². The SMILES string of the molecule is CCC(=O)OC1CCC(OC(=O)C(C)CC)CC1. The smallest absolute Gasteiger partial charge is 0.308 e. The Morgan fingerprint density at radius 1 is 1.06 bits per heavy atom. The van der Waals surface area contributed by atoms with Crippen LogP contribution in [0.5, 0.6) is 0 Å². The molecule has 1 unspecified atom stereocenters. The first-order valence-corrected chi connectivity index (χ1v) is 6.96. The van der Waals surface area contributed by atoms with Gasteiger partial charge in [-0.2, -0.15) is 0 Å². The Kier molecular flexibility index (Phi) is 6.16. The minimum Gasteiger partial charge on any atom is -0.462 e. The Hall–Kier alpha value is -1.06. The molecule has 1 aliphatic carbocycles. The summed E-state index contributed by atoms with van der Waals surface area (Å²) in [4.78, 5) is 22.8. The molecule has 0 aromatic rings. The lowest BCUT2D eigenvalue weighted by Crippen LogP contribution is -2.30. The van der Waals surface area contributed by atoms with Gasteiger partial charge >= 0.3 is 11.9 Å². The first-order chi connectivity index (χ1) is 8.56. The highest BCUT2D eigenvalue weighted by Crippen LogP contribution is 2.24. The van der Waals surface area contributed by atoms with E-state index in [9.17, 15) is 9.59 Å². The molecule has 0 aromatic carbocycles. The summed E-state index contributed by atoms with van der Waals surface area (Å²) in [6.07, 6.45) is 4.42. The second-order valence-electron chi connectivity index (χ2n) is 4.99. The van der Waals surface area contributed by atoms with Crippen molar-refractivity contribution in [3.8, 4) is 0 Å². The van der Waals surface area contributed by atoms with Crippen LogP contribution < -0.4 is 0 Å². The van der Waals surface area contributed by atoms with E-state index >= 15 is 0 Å². The van der Waals surface area contributed by atoms with Crippen molar-refractivity contribution in [2.45, 2.75) is 71.5 Å². The van der Waals surface area contributed by atoms with Crippen LogP contribution in [-0.2, 0) is 19.1 Å². The molecule has 0 bridgehead atoms. The summed E-state index contributed by atoms with van der Waals surface area (Å²) in [5.41, 5.74) is 0. The molecule has 0 aliphatic heterocycles. The van der Waals surface area contributed by atoms with Gasteiger partial charge < -0.3 is 9.47 Å². The summed E-state index contributed by atoms with van der Waals surface area (Å²) in [5, 5.41) is 0. The first kappa shape index (κ1) is 15.0. The summed E-state index contributed by atoms with van der Waals surface area (Å²) in [6, 6.07) is 0. The molecular formula is C14H24O4. The van der Waals surface area contributed by atoms with Crippen LogP contribution in [-0.4, -0.2) is 24.1 Å². The maximum atomic E-state index is 11.6. The van der Waals surface area contributed by atoms with Crippen LogP contribution >= 0.6 is 0 Å². The second-order valence-corrected chi connectivity index (χ2v) is 4.99. The van der Waals surface area contributed by atoms with Gasteiger partial charge in [-0.25, -0.2) is 0 Å². The Bertz CT molecular complexity index is 280. The number of carbonyl (C=O) groups excluding carboxylic acids is 2. The molecule has 0 radical (unpaired) electrons. The van der Waals surface area contributed by atoms with Crippen LogP contribution in [0.15, 0.2) is 0 Å². The molecule has 18 heavy (non-hydrogen) atoms. The van der Waals surface area contributed by atoms with Crippen LogP contribution in [0, 0.1) is 5.92 Å². The topological polar surface area (TPSA) is 52.6 Å². The quantitative estimate of drug-likeness (QED) is 0.710. The van der Waals surface area contributed by atoms with Crippen LogP contribution in [0.2, 0.25) is 0 Å². The van der Waals surface area contributed by atoms with Gasteiger partial charge in [0.05, 0.1) is 5.92 Å². The van der Waals surface area contributed by atoms with Crippen molar-refractivity contribution in [2.24, 2.45) is 5.92 Å². The molecule has 0 N–H and O–H groups in total. The summed E-state index contributed by atoms with van der Waals surface area (Å²) in [5.74, 6) is -0.276. The summed E-state index contributed by atoms with van der Waals surface area (Å²) >= 11 is 0. The van der Waals surface area contributed by atoms with E-state index in [1.54, 1.807) is 6.92 Å². The number of rotatable bonds is 5. The Morgan fingerprint density at radius 3 is 2.00 bits per heavy atom. The summed E-state index contributed by atoms with van der Waals surface area (Å²) in [7, 11) is 0. The Morgan fingerprint density at radius 2 is 1.56 bits per heavy atom. The zero-order valence-electron chi connectivity index (χ0n) is 11.6. The molecule has 1 saturated carbocycles. The van der Waals surface area contributed by atoms with Gasteiger partial charge in [-0.15, -0.1) is 0 Å². The predicted molar refractivity (Wildman–Crippen MR) is 68.0 cm³/mol. The van der Waals surface area contributed by atoms with Gasteiger partial charge in [0.1, 0.15) is 12.2 Å². The molecule has 4 heteroatoms. The zero-order valence-corrected chi connectivity index (χ0v) is 11.6. The van der Waals surface area contributed by atoms with Crippen molar-refractivity contribution in [1.29, 1.82) is 0 Å². The van der Waals surface area contributed by atoms with E-state index in [4.69, 9.17) is 9.47 Å². The van der Waals surface area contributed by atoms with Crippen molar-refractivity contribution in [3.05, 3.63) is 0 Å².